The van der Waals surface area contributed by atoms with Crippen molar-refractivity contribution in [3.63, 3.8) is 0 Å². The van der Waals surface area contributed by atoms with Crippen LogP contribution in [0.25, 0.3) is 10.9 Å². The Hall–Kier alpha value is -3.66. The van der Waals surface area contributed by atoms with E-state index in [9.17, 15) is 22.8 Å². The van der Waals surface area contributed by atoms with E-state index in [-0.39, 0.29) is 25.0 Å². The molecule has 0 unspecified atom stereocenters. The quantitative estimate of drug-likeness (QED) is 0.540. The zero-order chi connectivity index (χ0) is 25.3. The third-order valence-corrected chi connectivity index (χ3v) is 6.65. The van der Waals surface area contributed by atoms with Gasteiger partial charge in [-0.05, 0) is 36.4 Å². The van der Waals surface area contributed by atoms with Gasteiger partial charge in [0.05, 0.1) is 11.2 Å². The van der Waals surface area contributed by atoms with Gasteiger partial charge in [-0.3, -0.25) is 14.5 Å². The summed E-state index contributed by atoms with van der Waals surface area (Å²) >= 11 is 0. The number of pyridine rings is 1. The number of aromatic nitrogens is 1. The summed E-state index contributed by atoms with van der Waals surface area (Å²) in [7, 11) is 0. The molecule has 0 aliphatic carbocycles. The molecule has 2 aromatic carbocycles. The van der Waals surface area contributed by atoms with Crippen LogP contribution in [0.5, 0.6) is 5.75 Å². The first-order valence-corrected chi connectivity index (χ1v) is 11.7. The Labute approximate surface area is 206 Å². The Morgan fingerprint density at radius 1 is 0.889 bits per heavy atom. The number of alkyl halides is 3. The van der Waals surface area contributed by atoms with Gasteiger partial charge in [0.1, 0.15) is 12.4 Å². The lowest BCUT2D eigenvalue weighted by atomic mass is 10.0. The van der Waals surface area contributed by atoms with E-state index in [2.05, 4.69) is 4.98 Å². The number of halogens is 3. The SMILES string of the molecule is O=C(c1ccc(OCc2ccc3ccccc3n2)cc1)N1CC(N2CCN(C(=O)C(F)(F)F)CC2)C1. The molecule has 0 N–H and O–H groups in total. The molecule has 2 aliphatic rings. The molecule has 2 fully saturated rings. The number of likely N-dealkylation sites (tertiary alicyclic amines) is 1. The number of carbonyl (C=O) groups is 2. The summed E-state index contributed by atoms with van der Waals surface area (Å²) in [6, 6.07) is 18.8. The zero-order valence-electron chi connectivity index (χ0n) is 19.4. The van der Waals surface area contributed by atoms with Crippen LogP contribution in [-0.2, 0) is 11.4 Å². The predicted molar refractivity (Wildman–Crippen MR) is 126 cm³/mol. The first-order valence-electron chi connectivity index (χ1n) is 11.7. The highest BCUT2D eigenvalue weighted by Gasteiger charge is 2.44. The van der Waals surface area contributed by atoms with E-state index < -0.39 is 12.1 Å². The van der Waals surface area contributed by atoms with E-state index in [0.717, 1.165) is 21.5 Å². The number of benzene rings is 2. The average Bonchev–Trinajstić information content (AvgIpc) is 2.86. The molecule has 3 aromatic rings. The molecule has 1 aromatic heterocycles. The Balaban J connectivity index is 1.08. The molecule has 188 valence electrons. The second kappa shape index (κ2) is 9.77. The maximum absolute atomic E-state index is 12.8. The van der Waals surface area contributed by atoms with E-state index in [1.54, 1.807) is 29.2 Å². The van der Waals surface area contributed by atoms with Crippen LogP contribution in [0.15, 0.2) is 60.7 Å². The summed E-state index contributed by atoms with van der Waals surface area (Å²) in [6.45, 7) is 2.15. The van der Waals surface area contributed by atoms with Crippen LogP contribution < -0.4 is 4.74 Å². The average molecular weight is 499 g/mol. The Morgan fingerprint density at radius 2 is 1.58 bits per heavy atom. The lowest BCUT2D eigenvalue weighted by Crippen LogP contribution is -2.65. The van der Waals surface area contributed by atoms with Crippen LogP contribution in [0.4, 0.5) is 13.2 Å². The van der Waals surface area contributed by atoms with Crippen molar-refractivity contribution in [2.45, 2.75) is 18.8 Å². The van der Waals surface area contributed by atoms with Gasteiger partial charge in [-0.15, -0.1) is 0 Å². The van der Waals surface area contributed by atoms with E-state index in [1.807, 2.05) is 41.3 Å². The minimum Gasteiger partial charge on any atom is -0.487 e. The van der Waals surface area contributed by atoms with Crippen molar-refractivity contribution in [3.05, 3.63) is 71.9 Å². The molecule has 7 nitrogen and oxygen atoms in total. The molecular weight excluding hydrogens is 473 g/mol. The highest BCUT2D eigenvalue weighted by Crippen LogP contribution is 2.24. The van der Waals surface area contributed by atoms with E-state index in [0.29, 0.717) is 44.1 Å². The van der Waals surface area contributed by atoms with Gasteiger partial charge in [0.25, 0.3) is 5.91 Å². The van der Waals surface area contributed by atoms with Crippen molar-refractivity contribution in [3.8, 4) is 5.75 Å². The fourth-order valence-corrected chi connectivity index (χ4v) is 4.54. The molecule has 0 saturated carbocycles. The lowest BCUT2D eigenvalue weighted by Gasteiger charge is -2.48. The summed E-state index contributed by atoms with van der Waals surface area (Å²) < 4.78 is 43.6. The maximum atomic E-state index is 12.8. The molecule has 36 heavy (non-hydrogen) atoms. The number of carbonyl (C=O) groups excluding carboxylic acids is 2. The number of hydrogen-bond acceptors (Lipinski definition) is 5. The number of ether oxygens (including phenoxy) is 1. The predicted octanol–water partition coefficient (Wildman–Crippen LogP) is 3.34. The Bertz CT molecular complexity index is 1250. The summed E-state index contributed by atoms with van der Waals surface area (Å²) in [4.78, 5) is 33.4. The summed E-state index contributed by atoms with van der Waals surface area (Å²) in [5.41, 5.74) is 2.26. The molecule has 2 aliphatic heterocycles. The van der Waals surface area contributed by atoms with Crippen LogP contribution in [0.1, 0.15) is 16.1 Å². The molecular formula is C26H25F3N4O3. The van der Waals surface area contributed by atoms with Crippen molar-refractivity contribution in [1.29, 1.82) is 0 Å². The smallest absolute Gasteiger partial charge is 0.471 e. The van der Waals surface area contributed by atoms with Gasteiger partial charge in [0, 0.05) is 56.3 Å². The van der Waals surface area contributed by atoms with Crippen LogP contribution in [0.2, 0.25) is 0 Å². The fourth-order valence-electron chi connectivity index (χ4n) is 4.54. The first kappa shape index (κ1) is 24.1. The minimum absolute atomic E-state index is 0.0407. The first-order chi connectivity index (χ1) is 17.3. The van der Waals surface area contributed by atoms with Crippen LogP contribution in [0, 0.1) is 0 Å². The monoisotopic (exact) mass is 498 g/mol. The number of nitrogens with zero attached hydrogens (tertiary/aromatic N) is 4. The van der Waals surface area contributed by atoms with Crippen molar-refractivity contribution in [2.24, 2.45) is 0 Å². The van der Waals surface area contributed by atoms with Crippen molar-refractivity contribution in [2.75, 3.05) is 39.3 Å². The molecule has 2 saturated heterocycles. The normalized spacial score (nSPS) is 17.2. The van der Waals surface area contributed by atoms with Gasteiger partial charge in [-0.2, -0.15) is 13.2 Å². The van der Waals surface area contributed by atoms with E-state index in [1.165, 1.54) is 0 Å². The Kier molecular flexibility index (Phi) is 6.53. The standard InChI is InChI=1S/C26H25F3N4O3/c27-26(28,29)25(35)32-13-11-31(12-14-32)21-15-33(16-21)24(34)19-6-9-22(10-7-19)36-17-20-8-5-18-3-1-2-4-23(18)30-20/h1-10,21H,11-17H2. The maximum Gasteiger partial charge on any atom is 0.471 e. The van der Waals surface area contributed by atoms with Gasteiger partial charge in [-0.25, -0.2) is 4.98 Å². The van der Waals surface area contributed by atoms with Crippen LogP contribution in [-0.4, -0.2) is 83.0 Å². The van der Waals surface area contributed by atoms with Crippen molar-refractivity contribution in [1.82, 2.24) is 19.7 Å². The third kappa shape index (κ3) is 5.13. The van der Waals surface area contributed by atoms with Crippen LogP contribution >= 0.6 is 0 Å². The van der Waals surface area contributed by atoms with Gasteiger partial charge in [0.15, 0.2) is 0 Å². The minimum atomic E-state index is -4.84. The number of piperazine rings is 1. The number of amides is 2. The number of hydrogen-bond donors (Lipinski definition) is 0. The molecule has 10 heteroatoms. The number of rotatable bonds is 5. The third-order valence-electron chi connectivity index (χ3n) is 6.65. The second-order valence-electron chi connectivity index (χ2n) is 9.00. The second-order valence-corrected chi connectivity index (χ2v) is 9.00. The van der Waals surface area contributed by atoms with Crippen molar-refractivity contribution >= 4 is 22.7 Å². The van der Waals surface area contributed by atoms with E-state index in [4.69, 9.17) is 4.74 Å². The van der Waals surface area contributed by atoms with E-state index >= 15 is 0 Å². The van der Waals surface area contributed by atoms with Gasteiger partial charge >= 0.3 is 12.1 Å². The Morgan fingerprint density at radius 3 is 2.28 bits per heavy atom. The van der Waals surface area contributed by atoms with Gasteiger partial charge < -0.3 is 14.5 Å². The molecule has 3 heterocycles. The van der Waals surface area contributed by atoms with Crippen molar-refractivity contribution < 1.29 is 27.5 Å². The van der Waals surface area contributed by atoms with Crippen LogP contribution in [0.3, 0.4) is 0 Å². The molecule has 0 bridgehead atoms. The summed E-state index contributed by atoms with van der Waals surface area (Å²) in [5.74, 6) is -1.25. The molecule has 2 amide bonds. The summed E-state index contributed by atoms with van der Waals surface area (Å²) in [6.07, 6.45) is -4.84. The largest absolute Gasteiger partial charge is 0.487 e. The van der Waals surface area contributed by atoms with Gasteiger partial charge in [0.2, 0.25) is 0 Å². The molecule has 0 atom stereocenters. The highest BCUT2D eigenvalue weighted by molar-refractivity contribution is 5.95. The van der Waals surface area contributed by atoms with Gasteiger partial charge in [-0.1, -0.05) is 24.3 Å². The molecule has 0 radical (unpaired) electrons. The molecule has 5 rings (SSSR count). The summed E-state index contributed by atoms with van der Waals surface area (Å²) in [5, 5.41) is 1.07. The zero-order valence-corrected chi connectivity index (χ0v) is 19.4. The number of para-hydroxylation sites is 1. The highest BCUT2D eigenvalue weighted by atomic mass is 19.4. The lowest BCUT2D eigenvalue weighted by molar-refractivity contribution is -0.187. The fraction of sp³-hybridized carbons (Fsp3) is 0.346. The topological polar surface area (TPSA) is 66.0 Å². The number of fused-ring (bicyclic) bond motifs is 1. The molecule has 0 spiro atoms.